The third kappa shape index (κ3) is 2.71. The smallest absolute Gasteiger partial charge is 0.113 e. The van der Waals surface area contributed by atoms with E-state index in [-0.39, 0.29) is 5.54 Å². The second-order valence-electron chi connectivity index (χ2n) is 5.25. The lowest BCUT2D eigenvalue weighted by Crippen LogP contribution is -2.36. The van der Waals surface area contributed by atoms with E-state index < -0.39 is 0 Å². The molecule has 1 aromatic heterocycles. The van der Waals surface area contributed by atoms with Crippen LogP contribution in [0.1, 0.15) is 68.0 Å². The van der Waals surface area contributed by atoms with Gasteiger partial charge in [0, 0.05) is 4.88 Å². The molecule has 0 fully saturated rings. The summed E-state index contributed by atoms with van der Waals surface area (Å²) in [5.41, 5.74) is 7.78. The highest BCUT2D eigenvalue weighted by molar-refractivity contribution is 7.11. The molecule has 2 nitrogen and oxygen atoms in total. The van der Waals surface area contributed by atoms with Crippen molar-refractivity contribution < 1.29 is 0 Å². The summed E-state index contributed by atoms with van der Waals surface area (Å²) in [4.78, 5) is 6.36. The average molecular weight is 252 g/mol. The maximum absolute atomic E-state index is 6.60. The Morgan fingerprint density at radius 3 is 2.41 bits per heavy atom. The fourth-order valence-corrected chi connectivity index (χ4v) is 4.10. The summed E-state index contributed by atoms with van der Waals surface area (Å²) >= 11 is 1.89. The maximum Gasteiger partial charge on any atom is 0.113 e. The van der Waals surface area contributed by atoms with E-state index in [1.54, 1.807) is 0 Å². The Morgan fingerprint density at radius 1 is 1.18 bits per heavy atom. The van der Waals surface area contributed by atoms with Crippen molar-refractivity contribution in [2.75, 3.05) is 0 Å². The van der Waals surface area contributed by atoms with Crippen molar-refractivity contribution in [1.29, 1.82) is 0 Å². The second kappa shape index (κ2) is 5.49. The first kappa shape index (κ1) is 13.0. The Hall–Kier alpha value is -0.410. The zero-order valence-corrected chi connectivity index (χ0v) is 11.9. The van der Waals surface area contributed by atoms with Crippen molar-refractivity contribution in [3.05, 3.63) is 15.6 Å². The minimum absolute atomic E-state index is 0.161. The molecule has 0 aromatic carbocycles. The number of aromatic nitrogens is 1. The number of nitrogens with two attached hydrogens (primary N) is 1. The highest BCUT2D eigenvalue weighted by atomic mass is 32.1. The van der Waals surface area contributed by atoms with Crippen LogP contribution in [0.4, 0.5) is 0 Å². The van der Waals surface area contributed by atoms with Crippen LogP contribution < -0.4 is 5.73 Å². The molecule has 0 saturated carbocycles. The van der Waals surface area contributed by atoms with E-state index in [0.717, 1.165) is 25.7 Å². The lowest BCUT2D eigenvalue weighted by atomic mass is 9.90. The van der Waals surface area contributed by atoms with Gasteiger partial charge < -0.3 is 5.73 Å². The summed E-state index contributed by atoms with van der Waals surface area (Å²) in [6.07, 6.45) is 9.42. The molecule has 2 rings (SSSR count). The van der Waals surface area contributed by atoms with Crippen LogP contribution >= 0.6 is 11.3 Å². The number of aryl methyl sites for hydroxylation is 2. The Labute approximate surface area is 109 Å². The number of hydrogen-bond donors (Lipinski definition) is 1. The van der Waals surface area contributed by atoms with Gasteiger partial charge in [-0.25, -0.2) is 4.98 Å². The maximum atomic E-state index is 6.60. The third-order valence-corrected chi connectivity index (χ3v) is 5.04. The van der Waals surface area contributed by atoms with Crippen molar-refractivity contribution in [2.24, 2.45) is 5.73 Å². The van der Waals surface area contributed by atoms with Gasteiger partial charge in [0.1, 0.15) is 5.01 Å². The number of nitrogens with zero attached hydrogens (tertiary/aromatic N) is 1. The minimum atomic E-state index is -0.161. The fraction of sp³-hybridized carbons (Fsp3) is 0.786. The van der Waals surface area contributed by atoms with Crippen molar-refractivity contribution in [2.45, 2.75) is 70.8 Å². The van der Waals surface area contributed by atoms with Crippen LogP contribution in [0.5, 0.6) is 0 Å². The number of thiazole rings is 1. The van der Waals surface area contributed by atoms with Crippen LogP contribution in [0.25, 0.3) is 0 Å². The molecule has 1 heterocycles. The summed E-state index contributed by atoms with van der Waals surface area (Å²) in [6.45, 7) is 4.43. The number of fused-ring (bicyclic) bond motifs is 1. The summed E-state index contributed by atoms with van der Waals surface area (Å²) in [7, 11) is 0. The first-order chi connectivity index (χ1) is 8.19. The fourth-order valence-electron chi connectivity index (χ4n) is 2.80. The molecular weight excluding hydrogens is 228 g/mol. The molecule has 96 valence electrons. The summed E-state index contributed by atoms with van der Waals surface area (Å²) in [5, 5.41) is 1.20. The zero-order valence-electron chi connectivity index (χ0n) is 11.1. The van der Waals surface area contributed by atoms with Gasteiger partial charge in [0.2, 0.25) is 0 Å². The van der Waals surface area contributed by atoms with Crippen molar-refractivity contribution in [1.82, 2.24) is 4.98 Å². The summed E-state index contributed by atoms with van der Waals surface area (Å²) in [6, 6.07) is 0. The predicted octanol–water partition coefficient (Wildman–Crippen LogP) is 3.78. The van der Waals surface area contributed by atoms with E-state index >= 15 is 0 Å². The van der Waals surface area contributed by atoms with Crippen molar-refractivity contribution >= 4 is 11.3 Å². The van der Waals surface area contributed by atoms with Gasteiger partial charge in [-0.3, -0.25) is 0 Å². The van der Waals surface area contributed by atoms with E-state index in [9.17, 15) is 0 Å². The van der Waals surface area contributed by atoms with Crippen LogP contribution in [-0.4, -0.2) is 4.98 Å². The summed E-state index contributed by atoms with van der Waals surface area (Å²) < 4.78 is 0. The van der Waals surface area contributed by atoms with E-state index in [0.29, 0.717) is 0 Å². The molecule has 0 unspecified atom stereocenters. The van der Waals surface area contributed by atoms with E-state index in [2.05, 4.69) is 13.8 Å². The molecule has 0 radical (unpaired) electrons. The highest BCUT2D eigenvalue weighted by Crippen LogP contribution is 2.36. The molecule has 0 saturated heterocycles. The van der Waals surface area contributed by atoms with Gasteiger partial charge in [-0.2, -0.15) is 0 Å². The molecule has 0 atom stereocenters. The molecule has 0 amide bonds. The monoisotopic (exact) mass is 252 g/mol. The lowest BCUT2D eigenvalue weighted by Gasteiger charge is -2.26. The van der Waals surface area contributed by atoms with Gasteiger partial charge in [0.25, 0.3) is 0 Å². The largest absolute Gasteiger partial charge is 0.319 e. The third-order valence-electron chi connectivity index (χ3n) is 3.66. The zero-order chi connectivity index (χ0) is 12.3. The van der Waals surface area contributed by atoms with Gasteiger partial charge in [-0.05, 0) is 38.5 Å². The first-order valence-corrected chi connectivity index (χ1v) is 7.79. The highest BCUT2D eigenvalue weighted by Gasteiger charge is 2.30. The molecule has 1 aliphatic carbocycles. The van der Waals surface area contributed by atoms with E-state index in [1.807, 2.05) is 11.3 Å². The van der Waals surface area contributed by atoms with Crippen LogP contribution in [0.15, 0.2) is 0 Å². The SMILES string of the molecule is CCCC(N)(CCC)c1nc2c(s1)CCCC2. The van der Waals surface area contributed by atoms with Gasteiger partial charge in [-0.15, -0.1) is 11.3 Å². The Bertz CT molecular complexity index is 341. The number of rotatable bonds is 5. The minimum Gasteiger partial charge on any atom is -0.319 e. The molecular formula is C14H24N2S. The standard InChI is InChI=1S/C14H24N2S/c1-3-9-14(15,10-4-2)13-16-11-7-5-6-8-12(11)17-13/h3-10,15H2,1-2H3. The van der Waals surface area contributed by atoms with Gasteiger partial charge >= 0.3 is 0 Å². The Balaban J connectivity index is 2.26. The lowest BCUT2D eigenvalue weighted by molar-refractivity contribution is 0.367. The van der Waals surface area contributed by atoms with Crippen LogP contribution in [0, 0.1) is 0 Å². The molecule has 1 aliphatic rings. The topological polar surface area (TPSA) is 38.9 Å². The van der Waals surface area contributed by atoms with Crippen LogP contribution in [-0.2, 0) is 18.4 Å². The molecule has 3 heteroatoms. The van der Waals surface area contributed by atoms with Crippen LogP contribution in [0.2, 0.25) is 0 Å². The molecule has 0 spiro atoms. The quantitative estimate of drug-likeness (QED) is 0.866. The molecule has 1 aromatic rings. The average Bonchev–Trinajstić information content (AvgIpc) is 2.74. The molecule has 17 heavy (non-hydrogen) atoms. The number of hydrogen-bond acceptors (Lipinski definition) is 3. The Kier molecular flexibility index (Phi) is 4.21. The second-order valence-corrected chi connectivity index (χ2v) is 6.34. The van der Waals surface area contributed by atoms with Crippen molar-refractivity contribution in [3.63, 3.8) is 0 Å². The van der Waals surface area contributed by atoms with E-state index in [1.165, 1.54) is 41.3 Å². The molecule has 0 bridgehead atoms. The molecule has 2 N–H and O–H groups in total. The van der Waals surface area contributed by atoms with E-state index in [4.69, 9.17) is 10.7 Å². The van der Waals surface area contributed by atoms with Gasteiger partial charge in [-0.1, -0.05) is 26.7 Å². The van der Waals surface area contributed by atoms with Crippen LogP contribution in [0.3, 0.4) is 0 Å². The van der Waals surface area contributed by atoms with Gasteiger partial charge in [0.15, 0.2) is 0 Å². The van der Waals surface area contributed by atoms with Crippen molar-refractivity contribution in [3.8, 4) is 0 Å². The summed E-state index contributed by atoms with van der Waals surface area (Å²) in [5.74, 6) is 0. The Morgan fingerprint density at radius 2 is 1.82 bits per heavy atom. The predicted molar refractivity (Wildman–Crippen MR) is 74.4 cm³/mol. The normalized spacial score (nSPS) is 15.9. The molecule has 0 aliphatic heterocycles. The first-order valence-electron chi connectivity index (χ1n) is 6.97. The van der Waals surface area contributed by atoms with Gasteiger partial charge in [0.05, 0.1) is 11.2 Å².